The lowest BCUT2D eigenvalue weighted by Crippen LogP contribution is -2.24. The van der Waals surface area contributed by atoms with Gasteiger partial charge in [0.15, 0.2) is 0 Å². The van der Waals surface area contributed by atoms with Gasteiger partial charge in [-0.25, -0.2) is 10.2 Å². The number of aryl methyl sites for hydroxylation is 2. The van der Waals surface area contributed by atoms with Crippen LogP contribution in [-0.4, -0.2) is 0 Å². The first kappa shape index (κ1) is 34.6. The van der Waals surface area contributed by atoms with Crippen molar-refractivity contribution < 1.29 is 9.13 Å². The molecular weight excluding hydrogens is 630 g/mol. The average Bonchev–Trinajstić information content (AvgIpc) is 3.14. The monoisotopic (exact) mass is 672 g/mol. The van der Waals surface area contributed by atoms with E-state index in [1.165, 1.54) is 11.1 Å². The normalized spacial score (nSPS) is 13.2. The molecule has 0 radical (unpaired) electrons. The van der Waals surface area contributed by atoms with E-state index in [0.29, 0.717) is 13.1 Å². The lowest BCUT2D eigenvalue weighted by molar-refractivity contribution is 0.574. The Kier molecular flexibility index (Phi) is 12.2. The summed E-state index contributed by atoms with van der Waals surface area (Å²) in [4.78, 5) is 0. The fraction of sp³-hybridized carbons (Fsp3) is 0.100. The molecule has 8 heteroatoms. The summed E-state index contributed by atoms with van der Waals surface area (Å²) in [6.45, 7) is 5.14. The summed E-state index contributed by atoms with van der Waals surface area (Å²) in [5.74, 6) is 0. The van der Waals surface area contributed by atoms with Gasteiger partial charge in [0.25, 0.3) is 14.9 Å². The lowest BCUT2D eigenvalue weighted by Gasteiger charge is -2.22. The van der Waals surface area contributed by atoms with E-state index in [-0.39, 0.29) is 0 Å². The van der Waals surface area contributed by atoms with E-state index in [4.69, 9.17) is 0 Å². The van der Waals surface area contributed by atoms with Gasteiger partial charge >= 0.3 is 0 Å². The first-order chi connectivity index (χ1) is 23.3. The zero-order chi connectivity index (χ0) is 33.7. The molecule has 0 saturated heterocycles. The van der Waals surface area contributed by atoms with Crippen molar-refractivity contribution in [1.29, 1.82) is 0 Å². The highest BCUT2D eigenvalue weighted by Gasteiger charge is 2.25. The van der Waals surface area contributed by atoms with Gasteiger partial charge in [0.2, 0.25) is 0 Å². The fourth-order valence-electron chi connectivity index (χ4n) is 4.88. The van der Waals surface area contributed by atoms with Gasteiger partial charge in [-0.3, -0.25) is 9.13 Å². The van der Waals surface area contributed by atoms with Crippen LogP contribution in [0, 0.1) is 13.8 Å². The highest BCUT2D eigenvalue weighted by Crippen LogP contribution is 2.41. The van der Waals surface area contributed by atoms with Gasteiger partial charge in [-0.15, -0.1) is 0 Å². The van der Waals surface area contributed by atoms with Crippen LogP contribution in [0.5, 0.6) is 0 Å². The molecule has 6 aromatic carbocycles. The van der Waals surface area contributed by atoms with Gasteiger partial charge in [0.05, 0.1) is 0 Å². The number of nitrogens with one attached hydrogen (secondary N) is 4. The van der Waals surface area contributed by atoms with Gasteiger partial charge in [-0.05, 0) is 73.5 Å². The predicted octanol–water partition coefficient (Wildman–Crippen LogP) is 9.43. The molecule has 0 unspecified atom stereocenters. The Bertz CT molecular complexity index is 1780. The molecule has 2 atom stereocenters. The van der Waals surface area contributed by atoms with Crippen molar-refractivity contribution in [2.45, 2.75) is 26.9 Å². The molecule has 0 amide bonds. The van der Waals surface area contributed by atoms with Crippen LogP contribution >= 0.6 is 14.9 Å². The highest BCUT2D eigenvalue weighted by molar-refractivity contribution is 7.71. The van der Waals surface area contributed by atoms with Crippen molar-refractivity contribution in [2.24, 2.45) is 0 Å². The Morgan fingerprint density at radius 3 is 1.00 bits per heavy atom. The summed E-state index contributed by atoms with van der Waals surface area (Å²) >= 11 is 0. The largest absolute Gasteiger partial charge is 0.321 e. The van der Waals surface area contributed by atoms with E-state index in [0.717, 1.165) is 33.1 Å². The zero-order valence-corrected chi connectivity index (χ0v) is 29.1. The molecule has 0 fully saturated rings. The van der Waals surface area contributed by atoms with Crippen LogP contribution in [0.4, 0.5) is 11.4 Å². The maximum atomic E-state index is 13.6. The van der Waals surface area contributed by atoms with Crippen molar-refractivity contribution in [3.63, 3.8) is 0 Å². The van der Waals surface area contributed by atoms with E-state index < -0.39 is 14.9 Å². The second-order valence-corrected chi connectivity index (χ2v) is 16.0. The second-order valence-electron chi connectivity index (χ2n) is 11.5. The number of benzene rings is 6. The summed E-state index contributed by atoms with van der Waals surface area (Å²) in [6.07, 6.45) is 0. The summed E-state index contributed by atoms with van der Waals surface area (Å²) in [5, 5.41) is 14.4. The number of rotatable bonds is 12. The average molecular weight is 673 g/mol. The Labute approximate surface area is 284 Å². The van der Waals surface area contributed by atoms with E-state index in [2.05, 4.69) is 20.3 Å². The van der Waals surface area contributed by atoms with E-state index in [1.54, 1.807) is 0 Å². The molecule has 0 aliphatic heterocycles. The molecule has 0 aliphatic rings. The van der Waals surface area contributed by atoms with E-state index >= 15 is 0 Å². The van der Waals surface area contributed by atoms with Crippen LogP contribution in [0.15, 0.2) is 170 Å². The number of hydrogen-bond acceptors (Lipinski definition) is 2. The van der Waals surface area contributed by atoms with Crippen LogP contribution in [-0.2, 0) is 22.2 Å². The minimum atomic E-state index is -2.97. The SMILES string of the molecule is Cc1ccc(N[P@@](=O)(NCc2ccccc2)c2ccccc2)cc1.Cc1ccc(N[P@](=O)(NCc2ccccc2)c2ccccc2)cc1. The molecule has 0 heterocycles. The van der Waals surface area contributed by atoms with Gasteiger partial charge in [0, 0.05) is 35.1 Å². The fourth-order valence-corrected chi connectivity index (χ4v) is 8.68. The van der Waals surface area contributed by atoms with Gasteiger partial charge < -0.3 is 10.2 Å². The Morgan fingerprint density at radius 1 is 0.396 bits per heavy atom. The molecule has 48 heavy (non-hydrogen) atoms. The van der Waals surface area contributed by atoms with Crippen molar-refractivity contribution in [2.75, 3.05) is 10.2 Å². The van der Waals surface area contributed by atoms with Crippen LogP contribution < -0.4 is 31.0 Å². The van der Waals surface area contributed by atoms with Crippen LogP contribution in [0.2, 0.25) is 0 Å². The molecule has 6 nitrogen and oxygen atoms in total. The van der Waals surface area contributed by atoms with Crippen LogP contribution in [0.3, 0.4) is 0 Å². The van der Waals surface area contributed by atoms with Crippen LogP contribution in [0.1, 0.15) is 22.3 Å². The number of hydrogen-bond donors (Lipinski definition) is 4. The highest BCUT2D eigenvalue weighted by atomic mass is 31.2. The zero-order valence-electron chi connectivity index (χ0n) is 27.3. The second kappa shape index (κ2) is 16.9. The van der Waals surface area contributed by atoms with E-state index in [1.807, 2.05) is 184 Å². The summed E-state index contributed by atoms with van der Waals surface area (Å²) in [6, 6.07) is 54.9. The third-order valence-electron chi connectivity index (χ3n) is 7.61. The summed E-state index contributed by atoms with van der Waals surface area (Å²) < 4.78 is 27.2. The minimum Gasteiger partial charge on any atom is -0.321 e. The first-order valence-corrected chi connectivity index (χ1v) is 19.3. The molecule has 0 aliphatic carbocycles. The standard InChI is InChI=1S/2C20H21N2OP/c2*1-17-12-14-19(15-13-17)22-24(23,20-10-6-3-7-11-20)21-16-18-8-4-2-5-9-18/h2*2-15H,16H2,1H3,(H2,21,22,23)/t2*24-/m10/s1. The third-order valence-corrected chi connectivity index (χ3v) is 12.0. The molecule has 0 saturated carbocycles. The molecule has 6 aromatic rings. The Hall–Kier alpha value is -4.70. The Morgan fingerprint density at radius 2 is 0.688 bits per heavy atom. The van der Waals surface area contributed by atoms with Gasteiger partial charge in [0.1, 0.15) is 0 Å². The van der Waals surface area contributed by atoms with Crippen molar-refractivity contribution in [3.8, 4) is 0 Å². The minimum absolute atomic E-state index is 0.534. The first-order valence-electron chi connectivity index (χ1n) is 15.9. The molecule has 244 valence electrons. The summed E-state index contributed by atoms with van der Waals surface area (Å²) in [7, 11) is -5.95. The molecule has 0 aromatic heterocycles. The maximum Gasteiger partial charge on any atom is 0.264 e. The van der Waals surface area contributed by atoms with Crippen molar-refractivity contribution >= 4 is 36.9 Å². The van der Waals surface area contributed by atoms with Crippen LogP contribution in [0.25, 0.3) is 0 Å². The van der Waals surface area contributed by atoms with E-state index in [9.17, 15) is 9.13 Å². The predicted molar refractivity (Wildman–Crippen MR) is 204 cm³/mol. The molecule has 0 bridgehead atoms. The molecule has 4 N–H and O–H groups in total. The quantitative estimate of drug-likeness (QED) is 0.0971. The smallest absolute Gasteiger partial charge is 0.264 e. The topological polar surface area (TPSA) is 82.3 Å². The van der Waals surface area contributed by atoms with Gasteiger partial charge in [-0.2, -0.15) is 0 Å². The molecular formula is C40H42N4O2P2. The van der Waals surface area contributed by atoms with Gasteiger partial charge in [-0.1, -0.05) is 132 Å². The Balaban J connectivity index is 0.000000188. The summed E-state index contributed by atoms with van der Waals surface area (Å²) in [5.41, 5.74) is 6.22. The molecule has 0 spiro atoms. The van der Waals surface area contributed by atoms with Crippen molar-refractivity contribution in [3.05, 3.63) is 192 Å². The lowest BCUT2D eigenvalue weighted by atomic mass is 10.2. The maximum absolute atomic E-state index is 13.6. The third kappa shape index (κ3) is 10.1. The molecule has 6 rings (SSSR count). The number of anilines is 2. The van der Waals surface area contributed by atoms with Crippen molar-refractivity contribution in [1.82, 2.24) is 10.2 Å².